The third-order valence-corrected chi connectivity index (χ3v) is 5.05. The molecule has 1 fully saturated rings. The predicted octanol–water partition coefficient (Wildman–Crippen LogP) is 1.05. The topological polar surface area (TPSA) is 83.5 Å². The number of carboxylic acid groups (broad SMARTS) is 1. The van der Waals surface area contributed by atoms with Crippen LogP contribution < -0.4 is 5.32 Å². The Hall–Kier alpha value is -1.40. The zero-order chi connectivity index (χ0) is 13.9. The minimum absolute atomic E-state index is 0.0350. The molecule has 0 aromatic heterocycles. The maximum absolute atomic E-state index is 11.5. The first-order chi connectivity index (χ1) is 8.96. The zero-order valence-corrected chi connectivity index (χ0v) is 11.3. The molecule has 1 aromatic rings. The van der Waals surface area contributed by atoms with Crippen LogP contribution in [0.3, 0.4) is 0 Å². The molecule has 0 spiro atoms. The van der Waals surface area contributed by atoms with Crippen LogP contribution in [0.2, 0.25) is 0 Å². The van der Waals surface area contributed by atoms with Gasteiger partial charge in [-0.3, -0.25) is 0 Å². The minimum Gasteiger partial charge on any atom is -0.478 e. The molecule has 1 aliphatic rings. The lowest BCUT2D eigenvalue weighted by atomic mass is 10.1. The molecule has 0 saturated carbocycles. The van der Waals surface area contributed by atoms with Gasteiger partial charge in [0.05, 0.1) is 17.1 Å². The molecule has 2 rings (SSSR count). The van der Waals surface area contributed by atoms with Gasteiger partial charge < -0.3 is 10.4 Å². The van der Waals surface area contributed by atoms with E-state index in [1.807, 2.05) is 6.07 Å². The molecule has 1 aliphatic heterocycles. The third-order valence-electron chi connectivity index (χ3n) is 3.23. The summed E-state index contributed by atoms with van der Waals surface area (Å²) in [6, 6.07) is 6.63. The number of aromatic carboxylic acids is 1. The average Bonchev–Trinajstić information content (AvgIpc) is 2.35. The maximum atomic E-state index is 11.5. The Labute approximate surface area is 112 Å². The van der Waals surface area contributed by atoms with Crippen LogP contribution in [0.4, 0.5) is 0 Å². The van der Waals surface area contributed by atoms with Gasteiger partial charge >= 0.3 is 5.97 Å². The predicted molar refractivity (Wildman–Crippen MR) is 71.9 cm³/mol. The standard InChI is InChI=1S/C13H17NO4S/c15-13(16)11-4-1-3-10(7-11)8-14-12-5-2-6-19(17,18)9-12/h1,3-4,7,12,14H,2,5-6,8-9H2,(H,15,16). The van der Waals surface area contributed by atoms with E-state index in [0.29, 0.717) is 13.0 Å². The molecule has 0 bridgehead atoms. The van der Waals surface area contributed by atoms with Gasteiger partial charge in [0.1, 0.15) is 0 Å². The fourth-order valence-corrected chi connectivity index (χ4v) is 3.93. The van der Waals surface area contributed by atoms with Crippen LogP contribution in [0, 0.1) is 0 Å². The van der Waals surface area contributed by atoms with Gasteiger partial charge in [0.15, 0.2) is 9.84 Å². The summed E-state index contributed by atoms with van der Waals surface area (Å²) in [5, 5.41) is 12.1. The summed E-state index contributed by atoms with van der Waals surface area (Å²) in [4.78, 5) is 10.8. The van der Waals surface area contributed by atoms with Crippen molar-refractivity contribution in [3.63, 3.8) is 0 Å². The molecular formula is C13H17NO4S. The van der Waals surface area contributed by atoms with Gasteiger partial charge in [-0.25, -0.2) is 13.2 Å². The van der Waals surface area contributed by atoms with Gasteiger partial charge in [-0.15, -0.1) is 0 Å². The largest absolute Gasteiger partial charge is 0.478 e. The first-order valence-electron chi connectivity index (χ1n) is 6.22. The van der Waals surface area contributed by atoms with E-state index in [1.54, 1.807) is 12.1 Å². The van der Waals surface area contributed by atoms with Crippen LogP contribution >= 0.6 is 0 Å². The van der Waals surface area contributed by atoms with E-state index in [9.17, 15) is 13.2 Å². The summed E-state index contributed by atoms with van der Waals surface area (Å²) in [7, 11) is -2.91. The Balaban J connectivity index is 1.95. The number of carbonyl (C=O) groups is 1. The van der Waals surface area contributed by atoms with Crippen molar-refractivity contribution in [2.24, 2.45) is 0 Å². The van der Waals surface area contributed by atoms with E-state index in [4.69, 9.17) is 5.11 Å². The number of benzene rings is 1. The first-order valence-corrected chi connectivity index (χ1v) is 8.04. The number of carboxylic acids is 1. The van der Waals surface area contributed by atoms with E-state index >= 15 is 0 Å². The van der Waals surface area contributed by atoms with Crippen LogP contribution in [0.25, 0.3) is 0 Å². The molecule has 5 nitrogen and oxygen atoms in total. The van der Waals surface area contributed by atoms with Gasteiger partial charge in [-0.05, 0) is 30.5 Å². The Bertz CT molecular complexity index is 568. The molecule has 0 radical (unpaired) electrons. The number of sulfone groups is 1. The number of hydrogen-bond acceptors (Lipinski definition) is 4. The smallest absolute Gasteiger partial charge is 0.335 e. The molecule has 104 valence electrons. The highest BCUT2D eigenvalue weighted by Gasteiger charge is 2.24. The lowest BCUT2D eigenvalue weighted by molar-refractivity contribution is 0.0696. The summed E-state index contributed by atoms with van der Waals surface area (Å²) < 4.78 is 23.0. The van der Waals surface area contributed by atoms with Gasteiger partial charge in [0, 0.05) is 12.6 Å². The number of rotatable bonds is 4. The molecule has 2 N–H and O–H groups in total. The molecule has 1 aromatic carbocycles. The molecular weight excluding hydrogens is 266 g/mol. The normalized spacial score (nSPS) is 22.0. The Morgan fingerprint density at radius 3 is 2.89 bits per heavy atom. The van der Waals surface area contributed by atoms with Crippen molar-refractivity contribution >= 4 is 15.8 Å². The van der Waals surface area contributed by atoms with Crippen molar-refractivity contribution in [2.75, 3.05) is 11.5 Å². The molecule has 6 heteroatoms. The van der Waals surface area contributed by atoms with Gasteiger partial charge in [-0.2, -0.15) is 0 Å². The lowest BCUT2D eigenvalue weighted by Gasteiger charge is -2.23. The second kappa shape index (κ2) is 5.71. The zero-order valence-electron chi connectivity index (χ0n) is 10.5. The highest BCUT2D eigenvalue weighted by Crippen LogP contribution is 2.13. The van der Waals surface area contributed by atoms with E-state index in [0.717, 1.165) is 12.0 Å². The fraction of sp³-hybridized carbons (Fsp3) is 0.462. The Morgan fingerprint density at radius 1 is 1.42 bits per heavy atom. The van der Waals surface area contributed by atoms with Crippen molar-refractivity contribution < 1.29 is 18.3 Å². The quantitative estimate of drug-likeness (QED) is 0.863. The molecule has 0 aliphatic carbocycles. The summed E-state index contributed by atoms with van der Waals surface area (Å²) in [5.74, 6) is -0.507. The van der Waals surface area contributed by atoms with Crippen molar-refractivity contribution in [1.82, 2.24) is 5.32 Å². The van der Waals surface area contributed by atoms with Gasteiger partial charge in [0.2, 0.25) is 0 Å². The van der Waals surface area contributed by atoms with E-state index in [-0.39, 0.29) is 23.1 Å². The molecule has 1 heterocycles. The van der Waals surface area contributed by atoms with Crippen LogP contribution in [-0.2, 0) is 16.4 Å². The number of hydrogen-bond donors (Lipinski definition) is 2. The summed E-state index contributed by atoms with van der Waals surface area (Å²) in [5.41, 5.74) is 1.10. The second-order valence-electron chi connectivity index (χ2n) is 4.84. The van der Waals surface area contributed by atoms with Crippen LogP contribution in [0.5, 0.6) is 0 Å². The number of nitrogens with one attached hydrogen (secondary N) is 1. The van der Waals surface area contributed by atoms with Crippen LogP contribution in [0.1, 0.15) is 28.8 Å². The first kappa shape index (κ1) is 14.0. The molecule has 1 saturated heterocycles. The van der Waals surface area contributed by atoms with Crippen LogP contribution in [-0.4, -0.2) is 37.0 Å². The maximum Gasteiger partial charge on any atom is 0.335 e. The molecule has 19 heavy (non-hydrogen) atoms. The van der Waals surface area contributed by atoms with E-state index in [2.05, 4.69) is 5.32 Å². The molecule has 1 unspecified atom stereocenters. The second-order valence-corrected chi connectivity index (χ2v) is 7.07. The van der Waals surface area contributed by atoms with E-state index in [1.165, 1.54) is 6.07 Å². The highest BCUT2D eigenvalue weighted by molar-refractivity contribution is 7.91. The minimum atomic E-state index is -2.91. The van der Waals surface area contributed by atoms with Gasteiger partial charge in [-0.1, -0.05) is 12.1 Å². The summed E-state index contributed by atoms with van der Waals surface area (Å²) in [6.45, 7) is 0.487. The fourth-order valence-electron chi connectivity index (χ4n) is 2.26. The lowest BCUT2D eigenvalue weighted by Crippen LogP contribution is -2.39. The van der Waals surface area contributed by atoms with Crippen LogP contribution in [0.15, 0.2) is 24.3 Å². The van der Waals surface area contributed by atoms with Gasteiger partial charge in [0.25, 0.3) is 0 Å². The summed E-state index contributed by atoms with van der Waals surface area (Å²) in [6.07, 6.45) is 1.53. The summed E-state index contributed by atoms with van der Waals surface area (Å²) >= 11 is 0. The van der Waals surface area contributed by atoms with Crippen molar-refractivity contribution in [3.8, 4) is 0 Å². The molecule has 1 atom stereocenters. The highest BCUT2D eigenvalue weighted by atomic mass is 32.2. The monoisotopic (exact) mass is 283 g/mol. The Morgan fingerprint density at radius 2 is 2.21 bits per heavy atom. The van der Waals surface area contributed by atoms with E-state index < -0.39 is 15.8 Å². The molecule has 0 amide bonds. The SMILES string of the molecule is O=C(O)c1cccc(CNC2CCCS(=O)(=O)C2)c1. The average molecular weight is 283 g/mol. The Kier molecular flexibility index (Phi) is 4.21. The van der Waals surface area contributed by atoms with Crippen molar-refractivity contribution in [3.05, 3.63) is 35.4 Å². The van der Waals surface area contributed by atoms with Crippen molar-refractivity contribution in [2.45, 2.75) is 25.4 Å². The third kappa shape index (κ3) is 4.04. The van der Waals surface area contributed by atoms with Crippen molar-refractivity contribution in [1.29, 1.82) is 0 Å².